The lowest BCUT2D eigenvalue weighted by Crippen LogP contribution is -2.42. The minimum atomic E-state index is -1.03. The van der Waals surface area contributed by atoms with Crippen LogP contribution in [0.2, 0.25) is 0 Å². The molecule has 7 heteroatoms. The maximum absolute atomic E-state index is 12.3. The van der Waals surface area contributed by atoms with Crippen LogP contribution < -0.4 is 5.63 Å². The molecule has 0 amide bonds. The number of hydrogen-bond donors (Lipinski definition) is 2. The van der Waals surface area contributed by atoms with Gasteiger partial charge in [-0.3, -0.25) is 4.90 Å². The molecular weight excluding hydrogens is 370 g/mol. The van der Waals surface area contributed by atoms with Crippen molar-refractivity contribution in [3.05, 3.63) is 45.3 Å². The second-order valence-corrected chi connectivity index (χ2v) is 7.20. The molecule has 0 bridgehead atoms. The van der Waals surface area contributed by atoms with Gasteiger partial charge in [-0.2, -0.15) is 0 Å². The van der Waals surface area contributed by atoms with Crippen LogP contribution in [-0.2, 0) is 17.6 Å². The highest BCUT2D eigenvalue weighted by atomic mass is 35.5. The Labute approximate surface area is 164 Å². The lowest BCUT2D eigenvalue weighted by Gasteiger charge is -2.30. The molecule has 1 aliphatic carbocycles. The van der Waals surface area contributed by atoms with Gasteiger partial charge in [-0.05, 0) is 42.9 Å². The predicted molar refractivity (Wildman–Crippen MR) is 105 cm³/mol. The third kappa shape index (κ3) is 4.05. The zero-order valence-corrected chi connectivity index (χ0v) is 16.0. The van der Waals surface area contributed by atoms with E-state index >= 15 is 0 Å². The highest BCUT2D eigenvalue weighted by Crippen LogP contribution is 2.33. The summed E-state index contributed by atoms with van der Waals surface area (Å²) in [5.41, 5.74) is 2.57. The van der Waals surface area contributed by atoms with Crippen LogP contribution in [0.1, 0.15) is 35.6 Å². The molecule has 1 aromatic heterocycles. The van der Waals surface area contributed by atoms with Crippen molar-refractivity contribution in [3.63, 3.8) is 0 Å². The molecule has 1 fully saturated rings. The minimum Gasteiger partial charge on any atom is -0.422 e. The Balaban J connectivity index is 0.00000210. The summed E-state index contributed by atoms with van der Waals surface area (Å²) in [6.45, 7) is 3.19. The van der Waals surface area contributed by atoms with E-state index in [1.54, 1.807) is 12.1 Å². The van der Waals surface area contributed by atoms with Crippen LogP contribution in [0.15, 0.2) is 27.4 Å². The molecule has 0 spiro atoms. The molecule has 0 radical (unpaired) electrons. The van der Waals surface area contributed by atoms with Crippen molar-refractivity contribution in [3.8, 4) is 0 Å². The van der Waals surface area contributed by atoms with Gasteiger partial charge in [-0.1, -0.05) is 12.1 Å². The van der Waals surface area contributed by atoms with Crippen LogP contribution in [0.5, 0.6) is 0 Å². The van der Waals surface area contributed by atoms with E-state index in [-0.39, 0.29) is 18.0 Å². The molecule has 2 heterocycles. The fraction of sp³-hybridized carbons (Fsp3) is 0.550. The Bertz CT molecular complexity index is 846. The smallest absolute Gasteiger partial charge is 0.339 e. The van der Waals surface area contributed by atoms with Crippen molar-refractivity contribution < 1.29 is 19.4 Å². The molecule has 27 heavy (non-hydrogen) atoms. The molecule has 2 N–H and O–H groups in total. The monoisotopic (exact) mass is 395 g/mol. The summed E-state index contributed by atoms with van der Waals surface area (Å²) < 4.78 is 10.8. The van der Waals surface area contributed by atoms with Gasteiger partial charge in [-0.15, -0.1) is 12.4 Å². The van der Waals surface area contributed by atoms with Gasteiger partial charge in [0.2, 0.25) is 0 Å². The van der Waals surface area contributed by atoms with Gasteiger partial charge in [0.25, 0.3) is 0 Å². The van der Waals surface area contributed by atoms with Crippen molar-refractivity contribution in [2.75, 3.05) is 32.8 Å². The normalized spacial score (nSPS) is 19.9. The van der Waals surface area contributed by atoms with Crippen molar-refractivity contribution in [1.29, 1.82) is 0 Å². The van der Waals surface area contributed by atoms with Crippen LogP contribution in [-0.4, -0.2) is 54.1 Å². The molecule has 4 rings (SSSR count). The lowest BCUT2D eigenvalue weighted by atomic mass is 9.87. The van der Waals surface area contributed by atoms with Crippen molar-refractivity contribution in [2.45, 2.75) is 37.9 Å². The lowest BCUT2D eigenvalue weighted by molar-refractivity contribution is -0.0288. The average Bonchev–Trinajstić information content (AvgIpc) is 2.68. The number of aliphatic hydroxyl groups excluding tert-OH is 2. The second kappa shape index (κ2) is 8.71. The van der Waals surface area contributed by atoms with E-state index in [0.717, 1.165) is 48.9 Å². The first-order valence-corrected chi connectivity index (χ1v) is 9.39. The van der Waals surface area contributed by atoms with Gasteiger partial charge in [0.15, 0.2) is 0 Å². The number of halogens is 1. The highest BCUT2D eigenvalue weighted by Gasteiger charge is 2.27. The molecule has 1 saturated heterocycles. The fourth-order valence-corrected chi connectivity index (χ4v) is 4.13. The molecule has 2 aromatic rings. The van der Waals surface area contributed by atoms with Gasteiger partial charge in [0, 0.05) is 30.6 Å². The molecule has 2 aliphatic rings. The largest absolute Gasteiger partial charge is 0.422 e. The number of nitrogens with zero attached hydrogens (tertiary/aromatic N) is 1. The third-order valence-electron chi connectivity index (χ3n) is 5.51. The predicted octanol–water partition coefficient (Wildman–Crippen LogP) is 1.82. The number of fused-ring (bicyclic) bond motifs is 3. The standard InChI is InChI=1S/C20H25NO5.ClH/c22-16(12-21-8-10-25-11-9-21)19(23)15-6-3-7-17-18(15)13-4-1-2-5-14(13)20(24)26-17;/h3,6-7,16,19,22-23H,1-2,4-5,8-12H2;1H. The molecule has 2 unspecified atom stereocenters. The molecule has 1 aromatic carbocycles. The SMILES string of the molecule is Cl.O=c1oc2cccc(C(O)C(O)CN3CCOCC3)c2c2c1CCCC2. The summed E-state index contributed by atoms with van der Waals surface area (Å²) in [7, 11) is 0. The van der Waals surface area contributed by atoms with Crippen LogP contribution in [0.3, 0.4) is 0 Å². The zero-order valence-electron chi connectivity index (χ0n) is 15.2. The van der Waals surface area contributed by atoms with E-state index in [2.05, 4.69) is 4.90 Å². The van der Waals surface area contributed by atoms with Crippen LogP contribution in [0.4, 0.5) is 0 Å². The van der Waals surface area contributed by atoms with Crippen LogP contribution in [0, 0.1) is 0 Å². The summed E-state index contributed by atoms with van der Waals surface area (Å²) >= 11 is 0. The number of benzene rings is 1. The molecule has 6 nitrogen and oxygen atoms in total. The Hall–Kier alpha value is -1.44. The number of aliphatic hydroxyl groups is 2. The van der Waals surface area contributed by atoms with Crippen molar-refractivity contribution in [2.24, 2.45) is 0 Å². The van der Waals surface area contributed by atoms with E-state index in [0.29, 0.717) is 37.3 Å². The first-order chi connectivity index (χ1) is 12.6. The van der Waals surface area contributed by atoms with Gasteiger partial charge in [0.1, 0.15) is 11.7 Å². The number of ether oxygens (including phenoxy) is 1. The Morgan fingerprint density at radius 3 is 2.52 bits per heavy atom. The maximum atomic E-state index is 12.3. The maximum Gasteiger partial charge on any atom is 0.339 e. The first kappa shape index (κ1) is 20.3. The first-order valence-electron chi connectivity index (χ1n) is 9.39. The Kier molecular flexibility index (Phi) is 6.55. The highest BCUT2D eigenvalue weighted by molar-refractivity contribution is 5.86. The number of hydrogen-bond acceptors (Lipinski definition) is 6. The van der Waals surface area contributed by atoms with E-state index in [4.69, 9.17) is 9.15 Å². The third-order valence-corrected chi connectivity index (χ3v) is 5.51. The van der Waals surface area contributed by atoms with Crippen molar-refractivity contribution >= 4 is 23.4 Å². The second-order valence-electron chi connectivity index (χ2n) is 7.20. The Morgan fingerprint density at radius 1 is 1.07 bits per heavy atom. The van der Waals surface area contributed by atoms with Gasteiger partial charge in [-0.25, -0.2) is 4.79 Å². The van der Waals surface area contributed by atoms with E-state index in [9.17, 15) is 15.0 Å². The van der Waals surface area contributed by atoms with Gasteiger partial charge < -0.3 is 19.4 Å². The number of rotatable bonds is 4. The summed E-state index contributed by atoms with van der Waals surface area (Å²) in [5.74, 6) is 0. The number of aryl methyl sites for hydroxylation is 1. The van der Waals surface area contributed by atoms with E-state index < -0.39 is 12.2 Å². The molecular formula is C20H26ClNO5. The summed E-state index contributed by atoms with van der Waals surface area (Å²) in [6.07, 6.45) is 1.58. The Morgan fingerprint density at radius 2 is 1.78 bits per heavy atom. The molecule has 2 atom stereocenters. The minimum absolute atomic E-state index is 0. The van der Waals surface area contributed by atoms with Gasteiger partial charge in [0.05, 0.1) is 19.3 Å². The molecule has 148 valence electrons. The quantitative estimate of drug-likeness (QED) is 0.768. The average molecular weight is 396 g/mol. The van der Waals surface area contributed by atoms with Crippen LogP contribution >= 0.6 is 12.4 Å². The molecule has 1 aliphatic heterocycles. The fourth-order valence-electron chi connectivity index (χ4n) is 4.13. The van der Waals surface area contributed by atoms with E-state index in [1.807, 2.05) is 6.07 Å². The van der Waals surface area contributed by atoms with Crippen molar-refractivity contribution in [1.82, 2.24) is 4.90 Å². The number of morpholine rings is 1. The van der Waals surface area contributed by atoms with E-state index in [1.165, 1.54) is 0 Å². The molecule has 0 saturated carbocycles. The zero-order chi connectivity index (χ0) is 18.1. The summed E-state index contributed by atoms with van der Waals surface area (Å²) in [6, 6.07) is 5.35. The summed E-state index contributed by atoms with van der Waals surface area (Å²) in [5, 5.41) is 22.3. The topological polar surface area (TPSA) is 83.1 Å². The van der Waals surface area contributed by atoms with Crippen LogP contribution in [0.25, 0.3) is 11.0 Å². The van der Waals surface area contributed by atoms with Gasteiger partial charge >= 0.3 is 5.63 Å². The number of β-amino-alcohol motifs (C(OH)–C–C–N with tert-alkyl or cyclic N) is 1. The summed E-state index contributed by atoms with van der Waals surface area (Å²) in [4.78, 5) is 14.4.